The van der Waals surface area contributed by atoms with Gasteiger partial charge in [-0.1, -0.05) is 18.5 Å². The van der Waals surface area contributed by atoms with Gasteiger partial charge in [0.2, 0.25) is 0 Å². The summed E-state index contributed by atoms with van der Waals surface area (Å²) in [5, 5.41) is 13.5. The summed E-state index contributed by atoms with van der Waals surface area (Å²) in [6, 6.07) is -0.432. The summed E-state index contributed by atoms with van der Waals surface area (Å²) in [6.07, 6.45) is 2.21. The molecule has 0 aromatic heterocycles. The largest absolute Gasteiger partial charge is 0.466 e. The van der Waals surface area contributed by atoms with Crippen molar-refractivity contribution in [2.45, 2.75) is 58.6 Å². The van der Waals surface area contributed by atoms with Crippen LogP contribution in [0.5, 0.6) is 0 Å². The topological polar surface area (TPSA) is 95.3 Å². The first-order valence-corrected chi connectivity index (χ1v) is 6.17. The monoisotopic (exact) mass is 257 g/mol. The lowest BCUT2D eigenvalue weighted by Crippen LogP contribution is -2.34. The third-order valence-electron chi connectivity index (χ3n) is 2.86. The minimum absolute atomic E-state index is 0.273. The van der Waals surface area contributed by atoms with Crippen LogP contribution >= 0.6 is 0 Å². The van der Waals surface area contributed by atoms with Gasteiger partial charge in [-0.05, 0) is 38.1 Å². The average molecular weight is 257 g/mol. The maximum Gasteiger partial charge on any atom is 0.302 e. The van der Waals surface area contributed by atoms with Gasteiger partial charge in [-0.15, -0.1) is 0 Å². The van der Waals surface area contributed by atoms with E-state index in [2.05, 4.69) is 10.0 Å². The Balaban J connectivity index is 4.04. The normalized spacial score (nSPS) is 14.5. The molecule has 0 heterocycles. The number of aliphatic hydroxyl groups is 1. The number of carbonyl (C=O) groups is 1. The first kappa shape index (κ1) is 16.7. The molecule has 6 heteroatoms. The molecule has 2 unspecified atom stereocenters. The Morgan fingerprint density at radius 1 is 1.44 bits per heavy atom. The van der Waals surface area contributed by atoms with Crippen molar-refractivity contribution in [2.75, 3.05) is 6.61 Å². The Hall–Kier alpha value is -1.26. The lowest BCUT2D eigenvalue weighted by atomic mass is 9.91. The second-order valence-corrected chi connectivity index (χ2v) is 5.19. The highest BCUT2D eigenvalue weighted by atomic mass is 16.5. The molecule has 0 bridgehead atoms. The van der Waals surface area contributed by atoms with Crippen molar-refractivity contribution in [3.8, 4) is 0 Å². The van der Waals surface area contributed by atoms with Crippen molar-refractivity contribution in [3.63, 3.8) is 0 Å². The van der Waals surface area contributed by atoms with E-state index in [0.29, 0.717) is 18.9 Å². The summed E-state index contributed by atoms with van der Waals surface area (Å²) in [5.74, 6) is 0.0775. The van der Waals surface area contributed by atoms with E-state index in [-0.39, 0.29) is 5.97 Å². The molecule has 0 saturated heterocycles. The Morgan fingerprint density at radius 3 is 2.50 bits per heavy atom. The fraction of sp³-hybridized carbons (Fsp3) is 0.917. The molecule has 0 aliphatic carbocycles. The lowest BCUT2D eigenvalue weighted by molar-refractivity contribution is -0.141. The van der Waals surface area contributed by atoms with Gasteiger partial charge >= 0.3 is 5.97 Å². The van der Waals surface area contributed by atoms with Crippen molar-refractivity contribution in [1.82, 2.24) is 0 Å². The van der Waals surface area contributed by atoms with Crippen LogP contribution in [0.25, 0.3) is 10.4 Å². The van der Waals surface area contributed by atoms with Gasteiger partial charge in [0.25, 0.3) is 0 Å². The van der Waals surface area contributed by atoms with E-state index in [9.17, 15) is 9.90 Å². The average Bonchev–Trinajstić information content (AvgIpc) is 2.21. The van der Waals surface area contributed by atoms with Gasteiger partial charge in [-0.25, -0.2) is 0 Å². The molecule has 2 atom stereocenters. The fourth-order valence-corrected chi connectivity index (χ4v) is 1.61. The molecule has 0 saturated carbocycles. The van der Waals surface area contributed by atoms with Gasteiger partial charge in [0.05, 0.1) is 18.2 Å². The zero-order valence-electron chi connectivity index (χ0n) is 11.6. The standard InChI is InChI=1S/C12H23N3O3/c1-9(7-8-18-10(2)16)5-6-11(14-15-13)12(3,4)17/h9,11,17H,5-8H2,1-4H3. The third kappa shape index (κ3) is 7.92. The number of hydrogen-bond donors (Lipinski definition) is 1. The summed E-state index contributed by atoms with van der Waals surface area (Å²) < 4.78 is 4.86. The van der Waals surface area contributed by atoms with Gasteiger partial charge in [0.15, 0.2) is 0 Å². The Bertz CT molecular complexity index is 306. The van der Waals surface area contributed by atoms with E-state index in [1.54, 1.807) is 13.8 Å². The van der Waals surface area contributed by atoms with Crippen LogP contribution in [0.1, 0.15) is 47.0 Å². The second kappa shape index (κ2) is 7.95. The van der Waals surface area contributed by atoms with E-state index in [4.69, 9.17) is 10.3 Å². The molecule has 104 valence electrons. The van der Waals surface area contributed by atoms with Crippen molar-refractivity contribution in [1.29, 1.82) is 0 Å². The molecule has 0 fully saturated rings. The van der Waals surface area contributed by atoms with Gasteiger partial charge in [-0.3, -0.25) is 4.79 Å². The highest BCUT2D eigenvalue weighted by Gasteiger charge is 2.25. The van der Waals surface area contributed by atoms with Crippen molar-refractivity contribution in [2.24, 2.45) is 11.0 Å². The maximum atomic E-state index is 10.6. The molecule has 0 aliphatic rings. The zero-order chi connectivity index (χ0) is 14.2. The van der Waals surface area contributed by atoms with E-state index < -0.39 is 11.6 Å². The quantitative estimate of drug-likeness (QED) is 0.313. The molecule has 1 N–H and O–H groups in total. The molecule has 6 nitrogen and oxygen atoms in total. The molecule has 0 spiro atoms. The Morgan fingerprint density at radius 2 is 2.06 bits per heavy atom. The van der Waals surface area contributed by atoms with Crippen molar-refractivity contribution in [3.05, 3.63) is 10.4 Å². The second-order valence-electron chi connectivity index (χ2n) is 5.19. The number of carbonyl (C=O) groups excluding carboxylic acids is 1. The minimum Gasteiger partial charge on any atom is -0.466 e. The van der Waals surface area contributed by atoms with Crippen LogP contribution in [-0.4, -0.2) is 29.3 Å². The van der Waals surface area contributed by atoms with Crippen LogP contribution in [0.4, 0.5) is 0 Å². The molecular weight excluding hydrogens is 234 g/mol. The maximum absolute atomic E-state index is 10.6. The predicted octanol–water partition coefficient (Wildman–Crippen LogP) is 2.81. The lowest BCUT2D eigenvalue weighted by Gasteiger charge is -2.26. The van der Waals surface area contributed by atoms with Crippen LogP contribution in [0, 0.1) is 5.92 Å². The van der Waals surface area contributed by atoms with E-state index >= 15 is 0 Å². The molecular formula is C12H23N3O3. The third-order valence-corrected chi connectivity index (χ3v) is 2.86. The summed E-state index contributed by atoms with van der Waals surface area (Å²) in [5.41, 5.74) is 7.45. The van der Waals surface area contributed by atoms with Gasteiger partial charge in [-0.2, -0.15) is 0 Å². The predicted molar refractivity (Wildman–Crippen MR) is 68.9 cm³/mol. The van der Waals surface area contributed by atoms with E-state index in [1.165, 1.54) is 6.92 Å². The molecule has 0 rings (SSSR count). The zero-order valence-corrected chi connectivity index (χ0v) is 11.6. The van der Waals surface area contributed by atoms with Crippen molar-refractivity contribution < 1.29 is 14.6 Å². The smallest absolute Gasteiger partial charge is 0.302 e. The number of azide groups is 1. The van der Waals surface area contributed by atoms with Crippen LogP contribution in [-0.2, 0) is 9.53 Å². The molecule has 0 aromatic rings. The summed E-state index contributed by atoms with van der Waals surface area (Å²) in [4.78, 5) is 13.4. The minimum atomic E-state index is -1.01. The van der Waals surface area contributed by atoms with Crippen LogP contribution in [0.2, 0.25) is 0 Å². The molecule has 0 aliphatic heterocycles. The number of ether oxygens (including phenoxy) is 1. The summed E-state index contributed by atoms with van der Waals surface area (Å²) in [6.45, 7) is 7.11. The van der Waals surface area contributed by atoms with Gasteiger partial charge < -0.3 is 9.84 Å². The first-order valence-electron chi connectivity index (χ1n) is 6.17. The van der Waals surface area contributed by atoms with E-state index in [0.717, 1.165) is 12.8 Å². The number of esters is 1. The Labute approximate surface area is 108 Å². The number of hydrogen-bond acceptors (Lipinski definition) is 4. The van der Waals surface area contributed by atoms with Gasteiger partial charge in [0.1, 0.15) is 0 Å². The summed E-state index contributed by atoms with van der Waals surface area (Å²) >= 11 is 0. The van der Waals surface area contributed by atoms with Crippen LogP contribution < -0.4 is 0 Å². The highest BCUT2D eigenvalue weighted by Crippen LogP contribution is 2.21. The van der Waals surface area contributed by atoms with Crippen molar-refractivity contribution >= 4 is 5.97 Å². The SMILES string of the molecule is CC(=O)OCCC(C)CCC(N=[N+]=[N-])C(C)(C)O. The highest BCUT2D eigenvalue weighted by molar-refractivity contribution is 5.65. The number of nitrogens with zero attached hydrogens (tertiary/aromatic N) is 3. The van der Waals surface area contributed by atoms with Gasteiger partial charge in [0, 0.05) is 11.8 Å². The van der Waals surface area contributed by atoms with Crippen LogP contribution in [0.15, 0.2) is 5.11 Å². The molecule has 0 radical (unpaired) electrons. The molecule has 0 amide bonds. The van der Waals surface area contributed by atoms with Crippen LogP contribution in [0.3, 0.4) is 0 Å². The van der Waals surface area contributed by atoms with E-state index in [1.807, 2.05) is 6.92 Å². The number of rotatable bonds is 8. The molecule has 18 heavy (non-hydrogen) atoms. The fourth-order valence-electron chi connectivity index (χ4n) is 1.61. The summed E-state index contributed by atoms with van der Waals surface area (Å²) in [7, 11) is 0. The molecule has 0 aromatic carbocycles. The first-order chi connectivity index (χ1) is 8.27. The Kier molecular flexibility index (Phi) is 7.39.